The zero-order valence-corrected chi connectivity index (χ0v) is 14.1. The average molecular weight is 358 g/mol. The normalized spacial score (nSPS) is 26.9. The molecule has 0 aliphatic heterocycles. The molecule has 2 aliphatic carbocycles. The number of ether oxygens (including phenoxy) is 1. The zero-order valence-electron chi connectivity index (χ0n) is 13.3. The van der Waals surface area contributed by atoms with Crippen LogP contribution in [0.5, 0.6) is 0 Å². The van der Waals surface area contributed by atoms with Gasteiger partial charge in [0.25, 0.3) is 5.91 Å². The summed E-state index contributed by atoms with van der Waals surface area (Å²) in [7, 11) is 0. The second-order valence-corrected chi connectivity index (χ2v) is 6.99. The SMILES string of the molecule is C=C(Cl)COC(=O)[C@H]1[C@H](C(=O)n2nnc3ccccc32)[C@H]2C=C[C@H]1C2. The van der Waals surface area contributed by atoms with Crippen molar-refractivity contribution < 1.29 is 14.3 Å². The summed E-state index contributed by atoms with van der Waals surface area (Å²) in [5.74, 6) is -1.65. The van der Waals surface area contributed by atoms with Gasteiger partial charge in [0.05, 0.1) is 17.4 Å². The van der Waals surface area contributed by atoms with Crippen molar-refractivity contribution >= 4 is 34.5 Å². The lowest BCUT2D eigenvalue weighted by Gasteiger charge is -2.25. The number of hydrogen-bond donors (Lipinski definition) is 0. The summed E-state index contributed by atoms with van der Waals surface area (Å²) in [4.78, 5) is 25.7. The van der Waals surface area contributed by atoms with Crippen LogP contribution in [0.3, 0.4) is 0 Å². The summed E-state index contributed by atoms with van der Waals surface area (Å²) in [6, 6.07) is 7.25. The van der Waals surface area contributed by atoms with Crippen molar-refractivity contribution in [2.24, 2.45) is 23.7 Å². The quantitative estimate of drug-likeness (QED) is 0.621. The van der Waals surface area contributed by atoms with E-state index in [-0.39, 0.29) is 29.4 Å². The Kier molecular flexibility index (Phi) is 3.92. The van der Waals surface area contributed by atoms with Crippen molar-refractivity contribution in [3.63, 3.8) is 0 Å². The molecule has 4 atom stereocenters. The van der Waals surface area contributed by atoms with Crippen LogP contribution >= 0.6 is 11.6 Å². The summed E-state index contributed by atoms with van der Waals surface area (Å²) < 4.78 is 6.52. The van der Waals surface area contributed by atoms with Crippen molar-refractivity contribution in [3.05, 3.63) is 48.0 Å². The first-order chi connectivity index (χ1) is 12.1. The molecule has 1 aromatic carbocycles. The zero-order chi connectivity index (χ0) is 17.6. The molecule has 0 radical (unpaired) electrons. The van der Waals surface area contributed by atoms with Gasteiger partial charge in [0.2, 0.25) is 0 Å². The highest BCUT2D eigenvalue weighted by Gasteiger charge is 2.53. The van der Waals surface area contributed by atoms with Crippen LogP contribution in [0.4, 0.5) is 0 Å². The van der Waals surface area contributed by atoms with Gasteiger partial charge in [0.1, 0.15) is 12.1 Å². The monoisotopic (exact) mass is 357 g/mol. The predicted octanol–water partition coefficient (Wildman–Crippen LogP) is 2.81. The van der Waals surface area contributed by atoms with Gasteiger partial charge in [0, 0.05) is 5.03 Å². The number of para-hydroxylation sites is 1. The average Bonchev–Trinajstić information content (AvgIpc) is 3.32. The lowest BCUT2D eigenvalue weighted by molar-refractivity contribution is -0.149. The van der Waals surface area contributed by atoms with Gasteiger partial charge in [-0.1, -0.05) is 47.7 Å². The van der Waals surface area contributed by atoms with Crippen LogP contribution < -0.4 is 0 Å². The Hall–Kier alpha value is -2.47. The molecule has 0 spiro atoms. The molecule has 7 heteroatoms. The largest absolute Gasteiger partial charge is 0.460 e. The van der Waals surface area contributed by atoms with E-state index in [9.17, 15) is 9.59 Å². The number of hydrogen-bond acceptors (Lipinski definition) is 5. The van der Waals surface area contributed by atoms with Gasteiger partial charge in [-0.2, -0.15) is 4.68 Å². The first kappa shape index (κ1) is 16.0. The fourth-order valence-electron chi connectivity index (χ4n) is 3.90. The maximum Gasteiger partial charge on any atom is 0.310 e. The maximum atomic E-state index is 13.1. The molecular formula is C18H16ClN3O3. The van der Waals surface area contributed by atoms with Crippen LogP contribution in [0.15, 0.2) is 48.0 Å². The lowest BCUT2D eigenvalue weighted by Crippen LogP contribution is -2.37. The number of rotatable bonds is 4. The molecule has 0 N–H and O–H groups in total. The Morgan fingerprint density at radius 1 is 1.24 bits per heavy atom. The third kappa shape index (κ3) is 2.66. The molecule has 1 fully saturated rings. The van der Waals surface area contributed by atoms with Crippen LogP contribution in [-0.4, -0.2) is 33.5 Å². The molecular weight excluding hydrogens is 342 g/mol. The second kappa shape index (κ2) is 6.11. The summed E-state index contributed by atoms with van der Waals surface area (Å²) >= 11 is 5.68. The summed E-state index contributed by atoms with van der Waals surface area (Å²) in [6.45, 7) is 3.47. The molecule has 2 aliphatic rings. The Morgan fingerprint density at radius 2 is 1.96 bits per heavy atom. The Labute approximate surface area is 149 Å². The molecule has 128 valence electrons. The fourth-order valence-corrected chi connectivity index (χ4v) is 3.95. The maximum absolute atomic E-state index is 13.1. The third-order valence-corrected chi connectivity index (χ3v) is 5.06. The molecule has 1 saturated carbocycles. The molecule has 4 rings (SSSR count). The van der Waals surface area contributed by atoms with E-state index in [2.05, 4.69) is 16.9 Å². The first-order valence-corrected chi connectivity index (χ1v) is 8.47. The smallest absolute Gasteiger partial charge is 0.310 e. The van der Waals surface area contributed by atoms with Crippen molar-refractivity contribution in [1.82, 2.24) is 15.0 Å². The van der Waals surface area contributed by atoms with Crippen molar-refractivity contribution in [3.8, 4) is 0 Å². The summed E-state index contributed by atoms with van der Waals surface area (Å²) in [5, 5.41) is 8.28. The highest BCUT2D eigenvalue weighted by Crippen LogP contribution is 2.49. The van der Waals surface area contributed by atoms with Gasteiger partial charge in [-0.05, 0) is 30.4 Å². The number of aromatic nitrogens is 3. The van der Waals surface area contributed by atoms with Gasteiger partial charge >= 0.3 is 5.97 Å². The molecule has 2 bridgehead atoms. The van der Waals surface area contributed by atoms with Crippen molar-refractivity contribution in [2.45, 2.75) is 6.42 Å². The number of allylic oxidation sites excluding steroid dienone is 2. The molecule has 0 saturated heterocycles. The number of fused-ring (bicyclic) bond motifs is 3. The van der Waals surface area contributed by atoms with Gasteiger partial charge < -0.3 is 4.74 Å². The van der Waals surface area contributed by atoms with E-state index in [1.165, 1.54) is 4.68 Å². The number of esters is 1. The predicted molar refractivity (Wildman–Crippen MR) is 91.8 cm³/mol. The van der Waals surface area contributed by atoms with Crippen LogP contribution in [0, 0.1) is 23.7 Å². The summed E-state index contributed by atoms with van der Waals surface area (Å²) in [6.07, 6.45) is 4.77. The van der Waals surface area contributed by atoms with Crippen molar-refractivity contribution in [1.29, 1.82) is 0 Å². The minimum absolute atomic E-state index is 0.00447. The molecule has 6 nitrogen and oxygen atoms in total. The van der Waals surface area contributed by atoms with Gasteiger partial charge in [-0.15, -0.1) is 5.10 Å². The third-order valence-electron chi connectivity index (χ3n) is 4.95. The topological polar surface area (TPSA) is 74.1 Å². The number of halogens is 1. The minimum atomic E-state index is -0.526. The van der Waals surface area contributed by atoms with E-state index in [1.807, 2.05) is 24.3 Å². The fraction of sp³-hybridized carbons (Fsp3) is 0.333. The van der Waals surface area contributed by atoms with Crippen LogP contribution in [0.1, 0.15) is 11.2 Å². The Bertz CT molecular complexity index is 904. The van der Waals surface area contributed by atoms with E-state index in [0.29, 0.717) is 11.0 Å². The standard InChI is InChI=1S/C18H16ClN3O3/c1-10(19)9-25-18(24)16-12-7-6-11(8-12)15(16)17(23)22-14-5-3-2-4-13(14)20-21-22/h2-7,11-12,15-16H,1,8-9H2/t11-,12-,15+,16+/m0/s1. The number of benzene rings is 1. The van der Waals surface area contributed by atoms with E-state index in [4.69, 9.17) is 16.3 Å². The number of carbonyl (C=O) groups excluding carboxylic acids is 2. The molecule has 1 aromatic heterocycles. The molecule has 0 amide bonds. The van der Waals surface area contributed by atoms with Crippen molar-refractivity contribution in [2.75, 3.05) is 6.61 Å². The Balaban J connectivity index is 1.65. The second-order valence-electron chi connectivity index (χ2n) is 6.45. The highest BCUT2D eigenvalue weighted by atomic mass is 35.5. The number of carbonyl (C=O) groups is 2. The van der Waals surface area contributed by atoms with Gasteiger partial charge in [-0.25, -0.2) is 0 Å². The lowest BCUT2D eigenvalue weighted by atomic mass is 9.82. The molecule has 1 heterocycles. The summed E-state index contributed by atoms with van der Waals surface area (Å²) in [5.41, 5.74) is 1.28. The van der Waals surface area contributed by atoms with Gasteiger partial charge in [-0.3, -0.25) is 9.59 Å². The van der Waals surface area contributed by atoms with E-state index < -0.39 is 17.8 Å². The molecule has 2 aromatic rings. The van der Waals surface area contributed by atoms with Crippen LogP contribution in [0.25, 0.3) is 11.0 Å². The van der Waals surface area contributed by atoms with Crippen LogP contribution in [0.2, 0.25) is 0 Å². The molecule has 25 heavy (non-hydrogen) atoms. The highest BCUT2D eigenvalue weighted by molar-refractivity contribution is 6.29. The number of nitrogens with zero attached hydrogens (tertiary/aromatic N) is 3. The minimum Gasteiger partial charge on any atom is -0.460 e. The van der Waals surface area contributed by atoms with Gasteiger partial charge in [0.15, 0.2) is 0 Å². The van der Waals surface area contributed by atoms with Crippen LogP contribution in [-0.2, 0) is 9.53 Å². The Morgan fingerprint density at radius 3 is 2.72 bits per heavy atom. The van der Waals surface area contributed by atoms with E-state index >= 15 is 0 Å². The van der Waals surface area contributed by atoms with E-state index in [0.717, 1.165) is 6.42 Å². The molecule has 0 unspecified atom stereocenters. The first-order valence-electron chi connectivity index (χ1n) is 8.09. The van der Waals surface area contributed by atoms with E-state index in [1.54, 1.807) is 12.1 Å².